The first kappa shape index (κ1) is 8.93. The first-order valence-electron chi connectivity index (χ1n) is 3.77. The Kier molecular flexibility index (Phi) is 2.49. The van der Waals surface area contributed by atoms with Crippen LogP contribution in [-0.2, 0) is 0 Å². The molecule has 66 valence electrons. The van der Waals surface area contributed by atoms with Crippen LogP contribution in [0.25, 0.3) is 0 Å². The summed E-state index contributed by atoms with van der Waals surface area (Å²) in [6.45, 7) is -0.350. The first-order chi connectivity index (χ1) is 5.07. The fourth-order valence-corrected chi connectivity index (χ4v) is 1.38. The van der Waals surface area contributed by atoms with Gasteiger partial charge in [-0.2, -0.15) is 0 Å². The quantitative estimate of drug-likeness (QED) is 0.383. The molecule has 0 spiro atoms. The average Bonchev–Trinajstić information content (AvgIpc) is 1.98. The van der Waals surface area contributed by atoms with Crippen LogP contribution in [0.2, 0.25) is 0 Å². The van der Waals surface area contributed by atoms with Crippen molar-refractivity contribution in [1.82, 2.24) is 0 Å². The molecule has 0 bridgehead atoms. The number of hydrogen-bond acceptors (Lipinski definition) is 4. The van der Waals surface area contributed by atoms with Crippen molar-refractivity contribution in [2.24, 2.45) is 0 Å². The van der Waals surface area contributed by atoms with E-state index >= 15 is 0 Å². The maximum atomic E-state index is 9.45. The molecule has 1 saturated carbocycles. The highest BCUT2D eigenvalue weighted by atomic mass is 16.3. The average molecular weight is 162 g/mol. The summed E-state index contributed by atoms with van der Waals surface area (Å²) in [4.78, 5) is 0. The van der Waals surface area contributed by atoms with Crippen molar-refractivity contribution in [2.75, 3.05) is 6.61 Å². The summed E-state index contributed by atoms with van der Waals surface area (Å²) in [5, 5.41) is 36.3. The molecule has 1 unspecified atom stereocenters. The van der Waals surface area contributed by atoms with Crippen LogP contribution in [0, 0.1) is 0 Å². The van der Waals surface area contributed by atoms with Gasteiger partial charge in [0.1, 0.15) is 0 Å². The van der Waals surface area contributed by atoms with E-state index in [0.717, 1.165) is 0 Å². The molecule has 11 heavy (non-hydrogen) atoms. The molecule has 0 aromatic carbocycles. The third-order valence-electron chi connectivity index (χ3n) is 2.23. The van der Waals surface area contributed by atoms with Gasteiger partial charge in [-0.3, -0.25) is 0 Å². The molecule has 3 atom stereocenters. The molecular formula is C7H14O4. The second kappa shape index (κ2) is 3.06. The van der Waals surface area contributed by atoms with Crippen LogP contribution in [0.1, 0.15) is 19.3 Å². The van der Waals surface area contributed by atoms with Crippen LogP contribution in [0.15, 0.2) is 0 Å². The van der Waals surface area contributed by atoms with Gasteiger partial charge >= 0.3 is 0 Å². The van der Waals surface area contributed by atoms with E-state index in [2.05, 4.69) is 0 Å². The Bertz CT molecular complexity index is 138. The highest BCUT2D eigenvalue weighted by molar-refractivity contribution is 4.89. The van der Waals surface area contributed by atoms with Gasteiger partial charge in [-0.1, -0.05) is 0 Å². The maximum absolute atomic E-state index is 9.45. The van der Waals surface area contributed by atoms with Crippen molar-refractivity contribution in [1.29, 1.82) is 0 Å². The Morgan fingerprint density at radius 2 is 1.91 bits per heavy atom. The summed E-state index contributed by atoms with van der Waals surface area (Å²) in [6, 6.07) is 0. The highest BCUT2D eigenvalue weighted by Crippen LogP contribution is 2.27. The van der Waals surface area contributed by atoms with Crippen molar-refractivity contribution in [2.45, 2.75) is 37.1 Å². The minimum atomic E-state index is -1.18. The molecule has 1 aliphatic rings. The molecule has 4 nitrogen and oxygen atoms in total. The fraction of sp³-hybridized carbons (Fsp3) is 1.00. The predicted molar refractivity (Wildman–Crippen MR) is 37.9 cm³/mol. The topological polar surface area (TPSA) is 80.9 Å². The zero-order chi connectivity index (χ0) is 8.48. The minimum Gasteiger partial charge on any atom is -0.393 e. The summed E-state index contributed by atoms with van der Waals surface area (Å²) in [7, 11) is 0. The van der Waals surface area contributed by atoms with E-state index in [0.29, 0.717) is 12.8 Å². The Morgan fingerprint density at radius 1 is 1.27 bits per heavy atom. The Morgan fingerprint density at radius 3 is 2.36 bits per heavy atom. The van der Waals surface area contributed by atoms with Crippen LogP contribution >= 0.6 is 0 Å². The van der Waals surface area contributed by atoms with Crippen molar-refractivity contribution >= 4 is 0 Å². The van der Waals surface area contributed by atoms with Gasteiger partial charge in [-0.25, -0.2) is 0 Å². The summed E-state index contributed by atoms with van der Waals surface area (Å²) in [6.07, 6.45) is -0.896. The van der Waals surface area contributed by atoms with Crippen LogP contribution in [-0.4, -0.2) is 44.8 Å². The number of hydrogen-bond donors (Lipinski definition) is 4. The number of aliphatic hydroxyl groups excluding tert-OH is 3. The summed E-state index contributed by atoms with van der Waals surface area (Å²) in [5.74, 6) is 0. The Labute approximate surface area is 65.1 Å². The van der Waals surface area contributed by atoms with E-state index in [1.54, 1.807) is 0 Å². The van der Waals surface area contributed by atoms with Gasteiger partial charge in [-0.15, -0.1) is 0 Å². The lowest BCUT2D eigenvalue weighted by molar-refractivity contribution is -0.118. The maximum Gasteiger partial charge on any atom is 0.0903 e. The summed E-state index contributed by atoms with van der Waals surface area (Å²) >= 11 is 0. The molecule has 0 saturated heterocycles. The van der Waals surface area contributed by atoms with Crippen molar-refractivity contribution < 1.29 is 20.4 Å². The van der Waals surface area contributed by atoms with Crippen molar-refractivity contribution in [3.8, 4) is 0 Å². The predicted octanol–water partition coefficient (Wildman–Crippen LogP) is -1.38. The normalized spacial score (nSPS) is 45.8. The smallest absolute Gasteiger partial charge is 0.0903 e. The van der Waals surface area contributed by atoms with Crippen LogP contribution in [0.3, 0.4) is 0 Å². The molecule has 1 aliphatic carbocycles. The largest absolute Gasteiger partial charge is 0.393 e. The lowest BCUT2D eigenvalue weighted by Gasteiger charge is -2.35. The third-order valence-corrected chi connectivity index (χ3v) is 2.23. The SMILES string of the molecule is OCC1(O)CC[C@@H](O)[C@@H](O)C1. The Balaban J connectivity index is 2.51. The number of rotatable bonds is 1. The molecule has 4 N–H and O–H groups in total. The fourth-order valence-electron chi connectivity index (χ4n) is 1.38. The van der Waals surface area contributed by atoms with Crippen LogP contribution in [0.4, 0.5) is 0 Å². The van der Waals surface area contributed by atoms with E-state index in [1.807, 2.05) is 0 Å². The zero-order valence-corrected chi connectivity index (χ0v) is 6.27. The third kappa shape index (κ3) is 1.90. The molecule has 0 amide bonds. The lowest BCUT2D eigenvalue weighted by Crippen LogP contribution is -2.46. The van der Waals surface area contributed by atoms with Gasteiger partial charge in [0, 0.05) is 6.42 Å². The molecule has 0 aromatic heterocycles. The van der Waals surface area contributed by atoms with Gasteiger partial charge in [-0.05, 0) is 12.8 Å². The zero-order valence-electron chi connectivity index (χ0n) is 6.27. The molecule has 0 radical (unpaired) electrons. The van der Waals surface area contributed by atoms with Gasteiger partial charge in [0.25, 0.3) is 0 Å². The van der Waals surface area contributed by atoms with E-state index < -0.39 is 17.8 Å². The van der Waals surface area contributed by atoms with Crippen molar-refractivity contribution in [3.63, 3.8) is 0 Å². The monoisotopic (exact) mass is 162 g/mol. The van der Waals surface area contributed by atoms with Crippen LogP contribution in [0.5, 0.6) is 0 Å². The molecule has 0 aliphatic heterocycles. The number of aliphatic hydroxyl groups is 4. The Hall–Kier alpha value is -0.160. The van der Waals surface area contributed by atoms with Gasteiger partial charge in [0.2, 0.25) is 0 Å². The van der Waals surface area contributed by atoms with Gasteiger partial charge in [0.05, 0.1) is 24.4 Å². The standard InChI is InChI=1S/C7H14O4/c8-4-7(11)2-1-5(9)6(10)3-7/h5-6,8-11H,1-4H2/t5-,6+,7?/m1/s1. The van der Waals surface area contributed by atoms with Crippen molar-refractivity contribution in [3.05, 3.63) is 0 Å². The van der Waals surface area contributed by atoms with E-state index in [4.69, 9.17) is 15.3 Å². The second-order valence-corrected chi connectivity index (χ2v) is 3.26. The minimum absolute atomic E-state index is 0.0602. The van der Waals surface area contributed by atoms with E-state index in [1.165, 1.54) is 0 Å². The molecule has 4 heteroatoms. The first-order valence-corrected chi connectivity index (χ1v) is 3.77. The second-order valence-electron chi connectivity index (χ2n) is 3.26. The molecule has 1 rings (SSSR count). The summed E-state index contributed by atoms with van der Waals surface area (Å²) in [5.41, 5.74) is -1.18. The molecule has 1 fully saturated rings. The van der Waals surface area contributed by atoms with Gasteiger partial charge < -0.3 is 20.4 Å². The van der Waals surface area contributed by atoms with Crippen LogP contribution < -0.4 is 0 Å². The summed E-state index contributed by atoms with van der Waals surface area (Å²) < 4.78 is 0. The molecule has 0 heterocycles. The lowest BCUT2D eigenvalue weighted by atomic mass is 9.82. The van der Waals surface area contributed by atoms with Gasteiger partial charge in [0.15, 0.2) is 0 Å². The van der Waals surface area contributed by atoms with E-state index in [9.17, 15) is 5.11 Å². The van der Waals surface area contributed by atoms with E-state index in [-0.39, 0.29) is 13.0 Å². The highest BCUT2D eigenvalue weighted by Gasteiger charge is 2.37. The molecule has 0 aromatic rings. The molecular weight excluding hydrogens is 148 g/mol.